The van der Waals surface area contributed by atoms with Crippen LogP contribution in [0.1, 0.15) is 93.6 Å². The molecular formula is C34H47N3O2S. The van der Waals surface area contributed by atoms with E-state index < -0.39 is 0 Å². The molecule has 5 nitrogen and oxygen atoms in total. The highest BCUT2D eigenvalue weighted by molar-refractivity contribution is 7.95. The molecule has 40 heavy (non-hydrogen) atoms. The van der Waals surface area contributed by atoms with E-state index in [1.54, 1.807) is 7.11 Å². The van der Waals surface area contributed by atoms with Crippen LogP contribution in [0.15, 0.2) is 36.4 Å². The highest BCUT2D eigenvalue weighted by Crippen LogP contribution is 2.60. The summed E-state index contributed by atoms with van der Waals surface area (Å²) in [6.45, 7) is 12.0. The van der Waals surface area contributed by atoms with Gasteiger partial charge in [-0.25, -0.2) is 4.31 Å². The van der Waals surface area contributed by atoms with Crippen molar-refractivity contribution in [2.24, 2.45) is 11.8 Å². The second-order valence-corrected chi connectivity index (χ2v) is 11.8. The van der Waals surface area contributed by atoms with Gasteiger partial charge in [-0.2, -0.15) is 0 Å². The van der Waals surface area contributed by atoms with E-state index in [0.717, 1.165) is 25.1 Å². The van der Waals surface area contributed by atoms with E-state index >= 15 is 0 Å². The zero-order valence-corrected chi connectivity index (χ0v) is 26.4. The smallest absolute Gasteiger partial charge is 0.262 e. The van der Waals surface area contributed by atoms with Crippen LogP contribution < -0.4 is 9.46 Å². The molecule has 216 valence electrons. The molecule has 1 fully saturated rings. The number of rotatable bonds is 9. The van der Waals surface area contributed by atoms with E-state index in [9.17, 15) is 4.79 Å². The zero-order chi connectivity index (χ0) is 29.6. The number of aromatic nitrogens is 1. The van der Waals surface area contributed by atoms with Crippen LogP contribution in [0.4, 0.5) is 0 Å². The highest BCUT2D eigenvalue weighted by atomic mass is 32.2. The molecule has 0 spiro atoms. The lowest BCUT2D eigenvalue weighted by molar-refractivity contribution is 0.0983. The van der Waals surface area contributed by atoms with Crippen molar-refractivity contribution in [2.75, 3.05) is 21.2 Å². The van der Waals surface area contributed by atoms with Crippen LogP contribution in [0.25, 0.3) is 22.2 Å². The molecule has 6 heteroatoms. The van der Waals surface area contributed by atoms with Crippen molar-refractivity contribution in [3.8, 4) is 29.9 Å². The third kappa shape index (κ3) is 6.06. The second kappa shape index (κ2) is 14.1. The molecule has 3 atom stereocenters. The van der Waals surface area contributed by atoms with Crippen molar-refractivity contribution in [2.45, 2.75) is 78.7 Å². The number of methoxy groups -OCH3 is 1. The maximum atomic E-state index is 13.0. The highest BCUT2D eigenvalue weighted by Gasteiger charge is 2.51. The molecule has 0 bridgehead atoms. The molecule has 2 unspecified atom stereocenters. The molecule has 0 saturated heterocycles. The van der Waals surface area contributed by atoms with Crippen molar-refractivity contribution < 1.29 is 9.53 Å². The third-order valence-electron chi connectivity index (χ3n) is 8.20. The van der Waals surface area contributed by atoms with Crippen molar-refractivity contribution >= 4 is 28.9 Å². The maximum Gasteiger partial charge on any atom is 0.262 e. The lowest BCUT2D eigenvalue weighted by Gasteiger charge is -2.20. The SMILES string of the molecule is C#C.CC.CCCC(CCC)c1c2n(c3cc(C(=O)NSN(C)C)ccc13)CC1C(c3cc(OC)ccc3-2)[C@@H]1C. The van der Waals surface area contributed by atoms with Gasteiger partial charge in [0.05, 0.1) is 12.8 Å². The van der Waals surface area contributed by atoms with Gasteiger partial charge >= 0.3 is 0 Å². The van der Waals surface area contributed by atoms with Gasteiger partial charge < -0.3 is 9.30 Å². The number of hydrogen-bond acceptors (Lipinski definition) is 4. The minimum atomic E-state index is -0.0530. The van der Waals surface area contributed by atoms with Gasteiger partial charge in [-0.3, -0.25) is 9.52 Å². The molecule has 1 amide bonds. The number of nitrogens with zero attached hydrogens (tertiary/aromatic N) is 2. The Labute approximate surface area is 246 Å². The van der Waals surface area contributed by atoms with Crippen LogP contribution in [0.2, 0.25) is 0 Å². The summed E-state index contributed by atoms with van der Waals surface area (Å²) in [6.07, 6.45) is 12.7. The van der Waals surface area contributed by atoms with E-state index in [1.165, 1.54) is 58.3 Å². The predicted molar refractivity (Wildman–Crippen MR) is 172 cm³/mol. The van der Waals surface area contributed by atoms with Crippen LogP contribution in [-0.4, -0.2) is 36.0 Å². The van der Waals surface area contributed by atoms with E-state index in [0.29, 0.717) is 29.2 Å². The Bertz CT molecular complexity index is 1320. The number of nitrogens with one attached hydrogen (secondary N) is 1. The summed E-state index contributed by atoms with van der Waals surface area (Å²) in [4.78, 5) is 13.0. The molecule has 2 aliphatic rings. The molecule has 2 aromatic carbocycles. The van der Waals surface area contributed by atoms with E-state index in [-0.39, 0.29) is 5.91 Å². The Kier molecular flexibility index (Phi) is 11.2. The Morgan fingerprint density at radius 2 is 1.80 bits per heavy atom. The molecule has 2 heterocycles. The average molecular weight is 562 g/mol. The molecule has 0 radical (unpaired) electrons. The first kappa shape index (κ1) is 31.6. The fraction of sp³-hybridized carbons (Fsp3) is 0.500. The lowest BCUT2D eigenvalue weighted by Crippen LogP contribution is -2.20. The van der Waals surface area contributed by atoms with Crippen LogP contribution in [0.5, 0.6) is 5.75 Å². The summed E-state index contributed by atoms with van der Waals surface area (Å²) >= 11 is 1.31. The van der Waals surface area contributed by atoms with Crippen LogP contribution >= 0.6 is 12.1 Å². The number of amides is 1. The fourth-order valence-corrected chi connectivity index (χ4v) is 6.83. The van der Waals surface area contributed by atoms with Gasteiger partial charge in [-0.15, -0.1) is 12.8 Å². The summed E-state index contributed by atoms with van der Waals surface area (Å²) in [5, 5.41) is 1.31. The zero-order valence-electron chi connectivity index (χ0n) is 25.6. The summed E-state index contributed by atoms with van der Waals surface area (Å²) in [5.41, 5.74) is 7.54. The molecule has 1 aliphatic heterocycles. The third-order valence-corrected chi connectivity index (χ3v) is 8.84. The first-order chi connectivity index (χ1) is 19.4. The summed E-state index contributed by atoms with van der Waals surface area (Å²) < 4.78 is 13.0. The molecule has 3 aromatic rings. The van der Waals surface area contributed by atoms with Gasteiger partial charge in [-0.1, -0.05) is 53.5 Å². The Morgan fingerprint density at radius 3 is 2.40 bits per heavy atom. The summed E-state index contributed by atoms with van der Waals surface area (Å²) in [6, 6.07) is 13.0. The molecule has 1 N–H and O–H groups in total. The Hall–Kier alpha value is -2.88. The standard InChI is InChI=1S/C30H39N3O2S.C2H6.C2H2/c1-7-9-19(10-8-2)28-23-13-11-20(30(34)31-36-32(4)5)15-26(23)33-17-25-18(3)27(25)24-16-21(35-6)12-14-22(24)29(28)33;2*1-2/h11-16,18-19,25,27H,7-10,17H2,1-6H3,(H,31,34);1-2H3;1-2H/t18-,25?,27?;;/m1../s1. The predicted octanol–water partition coefficient (Wildman–Crippen LogP) is 8.49. The van der Waals surface area contributed by atoms with Crippen molar-refractivity contribution in [3.63, 3.8) is 0 Å². The van der Waals surface area contributed by atoms with Gasteiger partial charge in [0, 0.05) is 40.7 Å². The number of terminal acetylenes is 1. The summed E-state index contributed by atoms with van der Waals surface area (Å²) in [7, 11) is 5.61. The van der Waals surface area contributed by atoms with E-state index in [4.69, 9.17) is 4.74 Å². The van der Waals surface area contributed by atoms with Gasteiger partial charge in [0.25, 0.3) is 5.91 Å². The number of hydrogen-bond donors (Lipinski definition) is 1. The first-order valence-corrected chi connectivity index (χ1v) is 15.5. The van der Waals surface area contributed by atoms with Crippen LogP contribution in [0, 0.1) is 24.7 Å². The van der Waals surface area contributed by atoms with Gasteiger partial charge in [0.15, 0.2) is 0 Å². The normalized spacial score (nSPS) is 18.4. The van der Waals surface area contributed by atoms with Crippen LogP contribution in [-0.2, 0) is 6.54 Å². The van der Waals surface area contributed by atoms with Gasteiger partial charge in [0.2, 0.25) is 0 Å². The molecule has 1 saturated carbocycles. The minimum absolute atomic E-state index is 0.0530. The maximum absolute atomic E-state index is 13.0. The number of fused-ring (bicyclic) bond motifs is 7. The average Bonchev–Trinajstić information content (AvgIpc) is 3.55. The Balaban J connectivity index is 0.00000106. The molecular weight excluding hydrogens is 514 g/mol. The molecule has 1 aromatic heterocycles. The van der Waals surface area contributed by atoms with Crippen molar-refractivity contribution in [3.05, 3.63) is 53.1 Å². The fourth-order valence-electron chi connectivity index (χ4n) is 6.44. The quantitative estimate of drug-likeness (QED) is 0.210. The Morgan fingerprint density at radius 1 is 1.12 bits per heavy atom. The van der Waals surface area contributed by atoms with E-state index in [1.807, 2.05) is 38.3 Å². The lowest BCUT2D eigenvalue weighted by atomic mass is 9.85. The monoisotopic (exact) mass is 561 g/mol. The van der Waals surface area contributed by atoms with Crippen molar-refractivity contribution in [1.82, 2.24) is 13.6 Å². The van der Waals surface area contributed by atoms with Crippen molar-refractivity contribution in [1.29, 1.82) is 0 Å². The van der Waals surface area contributed by atoms with Gasteiger partial charge in [0.1, 0.15) is 5.75 Å². The number of carbonyl (C=O) groups is 1. The van der Waals surface area contributed by atoms with Crippen LogP contribution in [0.3, 0.4) is 0 Å². The summed E-state index contributed by atoms with van der Waals surface area (Å²) in [5.74, 6) is 3.21. The van der Waals surface area contributed by atoms with E-state index in [2.05, 4.69) is 73.2 Å². The second-order valence-electron chi connectivity index (χ2n) is 10.7. The molecule has 5 rings (SSSR count). The number of benzene rings is 2. The topological polar surface area (TPSA) is 46.5 Å². The minimum Gasteiger partial charge on any atom is -0.497 e. The van der Waals surface area contributed by atoms with Gasteiger partial charge in [-0.05, 0) is 92.1 Å². The number of ether oxygens (including phenoxy) is 1. The first-order valence-electron chi connectivity index (χ1n) is 14.7. The molecule has 1 aliphatic carbocycles. The largest absolute Gasteiger partial charge is 0.497 e. The number of carbonyl (C=O) groups excluding carboxylic acids is 1.